The molecule has 44 heavy (non-hydrogen) atoms. The molecule has 5 rings (SSSR count). The summed E-state index contributed by atoms with van der Waals surface area (Å²) in [4.78, 5) is 27.6. The van der Waals surface area contributed by atoms with E-state index in [0.717, 1.165) is 4.90 Å². The smallest absolute Gasteiger partial charge is 0.392 e. The molecule has 1 aliphatic heterocycles. The van der Waals surface area contributed by atoms with E-state index in [-0.39, 0.29) is 64.4 Å². The van der Waals surface area contributed by atoms with Crippen molar-refractivity contribution in [3.05, 3.63) is 65.6 Å². The Balaban J connectivity index is 1.64. The highest BCUT2D eigenvalue weighted by atomic mass is 35.5. The quantitative estimate of drug-likeness (QED) is 0.169. The predicted molar refractivity (Wildman–Crippen MR) is 150 cm³/mol. The van der Waals surface area contributed by atoms with E-state index in [2.05, 4.69) is 21.5 Å². The minimum absolute atomic E-state index is 0.00562. The Morgan fingerprint density at radius 3 is 2.66 bits per heavy atom. The van der Waals surface area contributed by atoms with Gasteiger partial charge in [-0.1, -0.05) is 42.4 Å². The van der Waals surface area contributed by atoms with Crippen LogP contribution in [0.5, 0.6) is 6.01 Å². The van der Waals surface area contributed by atoms with E-state index < -0.39 is 54.6 Å². The van der Waals surface area contributed by atoms with Crippen molar-refractivity contribution < 1.29 is 35.9 Å². The van der Waals surface area contributed by atoms with Crippen LogP contribution in [-0.2, 0) is 4.79 Å². The predicted octanol–water partition coefficient (Wildman–Crippen LogP) is 6.52. The molecular weight excluding hydrogens is 614 g/mol. The van der Waals surface area contributed by atoms with Crippen molar-refractivity contribution >= 4 is 45.0 Å². The van der Waals surface area contributed by atoms with Crippen LogP contribution >= 0.6 is 11.6 Å². The number of alkyl halides is 3. The molecule has 0 aliphatic carbocycles. The maximum atomic E-state index is 16.3. The summed E-state index contributed by atoms with van der Waals surface area (Å²) in [5, 5.41) is 9.79. The number of aromatic nitrogens is 3. The first-order chi connectivity index (χ1) is 20.9. The van der Waals surface area contributed by atoms with Gasteiger partial charge in [-0.2, -0.15) is 28.4 Å². The number of nitriles is 1. The number of halogens is 7. The van der Waals surface area contributed by atoms with E-state index in [0.29, 0.717) is 5.39 Å². The second-order valence-corrected chi connectivity index (χ2v) is 10.2. The lowest BCUT2D eigenvalue weighted by molar-refractivity contribution is -0.139. The minimum atomic E-state index is -4.54. The van der Waals surface area contributed by atoms with Gasteiger partial charge < -0.3 is 14.5 Å². The van der Waals surface area contributed by atoms with Gasteiger partial charge in [0.2, 0.25) is 0 Å². The molecule has 3 heterocycles. The average molecular weight is 635 g/mol. The zero-order valence-corrected chi connectivity index (χ0v) is 23.4. The van der Waals surface area contributed by atoms with E-state index in [9.17, 15) is 32.0 Å². The maximum Gasteiger partial charge on any atom is 0.392 e. The maximum absolute atomic E-state index is 16.3. The molecular formula is C29H21ClF6N6O2. The van der Waals surface area contributed by atoms with E-state index in [1.807, 2.05) is 6.07 Å². The molecule has 228 valence electrons. The number of piperazine rings is 1. The molecule has 0 N–H and O–H groups in total. The van der Waals surface area contributed by atoms with Gasteiger partial charge in [0, 0.05) is 36.8 Å². The van der Waals surface area contributed by atoms with Crippen LogP contribution < -0.4 is 9.64 Å². The van der Waals surface area contributed by atoms with Gasteiger partial charge in [-0.25, -0.2) is 13.2 Å². The number of benzene rings is 2. The zero-order chi connectivity index (χ0) is 31.8. The molecule has 0 saturated carbocycles. The number of rotatable bonds is 7. The van der Waals surface area contributed by atoms with Gasteiger partial charge in [-0.05, 0) is 11.5 Å². The van der Waals surface area contributed by atoms with Crippen LogP contribution in [0.25, 0.3) is 32.9 Å². The second kappa shape index (κ2) is 12.2. The zero-order valence-electron chi connectivity index (χ0n) is 22.6. The van der Waals surface area contributed by atoms with Crippen LogP contribution in [0.4, 0.5) is 32.2 Å². The molecule has 8 nitrogen and oxygen atoms in total. The summed E-state index contributed by atoms with van der Waals surface area (Å²) in [5.41, 5.74) is -0.488. The highest BCUT2D eigenvalue weighted by molar-refractivity contribution is 6.36. The van der Waals surface area contributed by atoms with Crippen molar-refractivity contribution in [2.75, 3.05) is 31.1 Å². The summed E-state index contributed by atoms with van der Waals surface area (Å²) in [6, 6.07) is 7.90. The Kier molecular flexibility index (Phi) is 8.51. The van der Waals surface area contributed by atoms with Gasteiger partial charge >= 0.3 is 12.2 Å². The Labute approximate surface area is 251 Å². The van der Waals surface area contributed by atoms with Crippen LogP contribution in [0.1, 0.15) is 12.8 Å². The number of hydrogen-bond acceptors (Lipinski definition) is 7. The molecule has 1 aliphatic rings. The summed E-state index contributed by atoms with van der Waals surface area (Å²) >= 11 is 6.24. The van der Waals surface area contributed by atoms with E-state index >= 15 is 4.39 Å². The number of carbonyl (C=O) groups excluding carboxylic acids is 1. The highest BCUT2D eigenvalue weighted by Gasteiger charge is 2.34. The molecule has 1 atom stereocenters. The summed E-state index contributed by atoms with van der Waals surface area (Å²) in [5.74, 6) is -3.93. The van der Waals surface area contributed by atoms with Crippen LogP contribution in [0.2, 0.25) is 5.02 Å². The number of amides is 1. The third-order valence-electron chi connectivity index (χ3n) is 7.05. The van der Waals surface area contributed by atoms with Crippen molar-refractivity contribution in [2.45, 2.75) is 25.1 Å². The molecule has 0 unspecified atom stereocenters. The summed E-state index contributed by atoms with van der Waals surface area (Å²) in [7, 11) is 0. The highest BCUT2D eigenvalue weighted by Crippen LogP contribution is 2.38. The Hall–Kier alpha value is -4.64. The lowest BCUT2D eigenvalue weighted by Gasteiger charge is -2.41. The van der Waals surface area contributed by atoms with E-state index in [4.69, 9.17) is 16.3 Å². The van der Waals surface area contributed by atoms with Gasteiger partial charge in [0.25, 0.3) is 5.91 Å². The number of nitrogens with zero attached hydrogens (tertiary/aromatic N) is 6. The lowest BCUT2D eigenvalue weighted by atomic mass is 10.0. The second-order valence-electron chi connectivity index (χ2n) is 9.86. The third kappa shape index (κ3) is 6.05. The number of pyridine rings is 1. The van der Waals surface area contributed by atoms with Crippen LogP contribution in [0.15, 0.2) is 48.9 Å². The fourth-order valence-corrected chi connectivity index (χ4v) is 5.30. The molecule has 4 aromatic rings. The van der Waals surface area contributed by atoms with Crippen molar-refractivity contribution in [3.8, 4) is 23.3 Å². The molecule has 1 amide bonds. The first-order valence-corrected chi connectivity index (χ1v) is 13.5. The summed E-state index contributed by atoms with van der Waals surface area (Å²) in [6.45, 7) is 2.05. The van der Waals surface area contributed by atoms with Crippen LogP contribution in [-0.4, -0.2) is 64.2 Å². The van der Waals surface area contributed by atoms with Gasteiger partial charge in [-0.15, -0.1) is 0 Å². The molecule has 0 spiro atoms. The summed E-state index contributed by atoms with van der Waals surface area (Å²) in [6.07, 6.45) is -4.82. The Morgan fingerprint density at radius 1 is 1.18 bits per heavy atom. The molecule has 1 saturated heterocycles. The van der Waals surface area contributed by atoms with Gasteiger partial charge in [0.15, 0.2) is 11.6 Å². The number of ether oxygens (including phenoxy) is 1. The molecule has 2 aromatic heterocycles. The monoisotopic (exact) mass is 634 g/mol. The number of carbonyl (C=O) groups is 1. The normalized spacial score (nSPS) is 15.5. The standard InChI is InChI=1S/C29H21ClF6N6O2/c1-15(31)27(43)42-11-10-41(14-17(42)7-9-37)26-19-13-38-24(18-4-2-3-16-5-6-20(32)22(30)21(16)18)23(33)25(19)39-28(40-26)44-12-8-29(34,35)36/h2-6,13,17H,1,7-8,10-12,14H2/t17-/m0/s1. The lowest BCUT2D eigenvalue weighted by Crippen LogP contribution is -2.55. The van der Waals surface area contributed by atoms with Gasteiger partial charge in [0.05, 0.1) is 35.4 Å². The SMILES string of the molecule is C=C(F)C(=O)N1CCN(c2nc(OCCC(F)(F)F)nc3c(F)c(-c4cccc5ccc(F)c(Cl)c45)ncc23)C[C@@H]1CC#N. The van der Waals surface area contributed by atoms with E-state index in [1.54, 1.807) is 17.0 Å². The van der Waals surface area contributed by atoms with Gasteiger partial charge in [0.1, 0.15) is 29.5 Å². The molecule has 2 aromatic carbocycles. The van der Waals surface area contributed by atoms with Gasteiger partial charge in [-0.3, -0.25) is 9.78 Å². The molecule has 15 heteroatoms. The molecule has 1 fully saturated rings. The third-order valence-corrected chi connectivity index (χ3v) is 7.42. The Bertz CT molecular complexity index is 1830. The first-order valence-electron chi connectivity index (χ1n) is 13.1. The largest absolute Gasteiger partial charge is 0.463 e. The average Bonchev–Trinajstić information content (AvgIpc) is 2.98. The van der Waals surface area contributed by atoms with Crippen molar-refractivity contribution in [1.82, 2.24) is 19.9 Å². The van der Waals surface area contributed by atoms with Crippen LogP contribution in [0.3, 0.4) is 0 Å². The fraction of sp³-hybridized carbons (Fsp3) is 0.276. The first kappa shape index (κ1) is 30.8. The number of hydrogen-bond donors (Lipinski definition) is 0. The number of fused-ring (bicyclic) bond motifs is 2. The van der Waals surface area contributed by atoms with Crippen molar-refractivity contribution in [3.63, 3.8) is 0 Å². The van der Waals surface area contributed by atoms with Crippen LogP contribution in [0, 0.1) is 23.0 Å². The molecule has 0 bridgehead atoms. The number of anilines is 1. The van der Waals surface area contributed by atoms with E-state index in [1.165, 1.54) is 24.4 Å². The molecule has 0 radical (unpaired) electrons. The van der Waals surface area contributed by atoms with Crippen molar-refractivity contribution in [2.24, 2.45) is 0 Å². The summed E-state index contributed by atoms with van der Waals surface area (Å²) < 4.78 is 88.0. The Morgan fingerprint density at radius 2 is 1.95 bits per heavy atom. The van der Waals surface area contributed by atoms with Crippen molar-refractivity contribution in [1.29, 1.82) is 5.26 Å². The fourth-order valence-electron chi connectivity index (χ4n) is 5.03. The minimum Gasteiger partial charge on any atom is -0.463 e. The topological polar surface area (TPSA) is 95.2 Å².